The summed E-state index contributed by atoms with van der Waals surface area (Å²) < 4.78 is 0. The van der Waals surface area contributed by atoms with Crippen LogP contribution < -0.4 is 0 Å². The van der Waals surface area contributed by atoms with Gasteiger partial charge in [0.25, 0.3) is 0 Å². The Morgan fingerprint density at radius 2 is 2.06 bits per heavy atom. The van der Waals surface area contributed by atoms with Crippen LogP contribution in [0.1, 0.15) is 31.2 Å². The summed E-state index contributed by atoms with van der Waals surface area (Å²) in [6.45, 7) is 1.89. The van der Waals surface area contributed by atoms with Gasteiger partial charge in [-0.25, -0.2) is 0 Å². The third kappa shape index (κ3) is 3.56. The van der Waals surface area contributed by atoms with E-state index in [4.69, 9.17) is 5.11 Å². The van der Waals surface area contributed by atoms with Gasteiger partial charge in [0.1, 0.15) is 0 Å². The molecular formula is C14H19NO2. The van der Waals surface area contributed by atoms with Crippen molar-refractivity contribution < 1.29 is 9.90 Å². The van der Waals surface area contributed by atoms with Gasteiger partial charge in [-0.2, -0.15) is 0 Å². The van der Waals surface area contributed by atoms with Crippen LogP contribution in [0, 0.1) is 0 Å². The number of hydrogen-bond acceptors (Lipinski definition) is 2. The summed E-state index contributed by atoms with van der Waals surface area (Å²) in [6, 6.07) is 10.5. The second kappa shape index (κ2) is 5.82. The molecule has 1 aromatic carbocycles. The summed E-state index contributed by atoms with van der Waals surface area (Å²) in [5.74, 6) is -0.685. The zero-order valence-electron chi connectivity index (χ0n) is 10.0. The highest BCUT2D eigenvalue weighted by Crippen LogP contribution is 2.21. The molecule has 0 saturated carbocycles. The molecule has 1 aliphatic rings. The summed E-state index contributed by atoms with van der Waals surface area (Å²) in [5.41, 5.74) is 1.27. The van der Waals surface area contributed by atoms with Gasteiger partial charge in [-0.3, -0.25) is 9.69 Å². The SMILES string of the molecule is O=C(O)C[C@@H]1CCCCN1Cc1ccccc1. The Morgan fingerprint density at radius 1 is 1.29 bits per heavy atom. The minimum Gasteiger partial charge on any atom is -0.481 e. The third-order valence-corrected chi connectivity index (χ3v) is 3.39. The van der Waals surface area contributed by atoms with Crippen LogP contribution in [-0.4, -0.2) is 28.6 Å². The Morgan fingerprint density at radius 3 is 2.76 bits per heavy atom. The van der Waals surface area contributed by atoms with E-state index in [0.717, 1.165) is 25.9 Å². The summed E-state index contributed by atoms with van der Waals surface area (Å²) in [7, 11) is 0. The van der Waals surface area contributed by atoms with Crippen molar-refractivity contribution in [2.75, 3.05) is 6.54 Å². The fraction of sp³-hybridized carbons (Fsp3) is 0.500. The van der Waals surface area contributed by atoms with Crippen molar-refractivity contribution in [1.82, 2.24) is 4.90 Å². The first kappa shape index (κ1) is 12.1. The molecular weight excluding hydrogens is 214 g/mol. The molecule has 0 unspecified atom stereocenters. The summed E-state index contributed by atoms with van der Waals surface area (Å²) >= 11 is 0. The first-order valence-corrected chi connectivity index (χ1v) is 6.25. The number of carboxylic acids is 1. The molecule has 0 radical (unpaired) electrons. The number of carboxylic acid groups (broad SMARTS) is 1. The fourth-order valence-corrected chi connectivity index (χ4v) is 2.52. The first-order valence-electron chi connectivity index (χ1n) is 6.25. The van der Waals surface area contributed by atoms with Crippen LogP contribution in [0.3, 0.4) is 0 Å². The number of carbonyl (C=O) groups is 1. The quantitative estimate of drug-likeness (QED) is 0.868. The molecule has 1 N–H and O–H groups in total. The number of hydrogen-bond donors (Lipinski definition) is 1. The van der Waals surface area contributed by atoms with E-state index in [2.05, 4.69) is 17.0 Å². The number of likely N-dealkylation sites (tertiary alicyclic amines) is 1. The lowest BCUT2D eigenvalue weighted by molar-refractivity contribution is -0.138. The fourth-order valence-electron chi connectivity index (χ4n) is 2.52. The van der Waals surface area contributed by atoms with Crippen molar-refractivity contribution in [3.63, 3.8) is 0 Å². The molecule has 0 aliphatic carbocycles. The Bertz CT molecular complexity index is 364. The summed E-state index contributed by atoms with van der Waals surface area (Å²) in [5, 5.41) is 8.92. The molecule has 0 bridgehead atoms. The second-order valence-electron chi connectivity index (χ2n) is 4.70. The number of aliphatic carboxylic acids is 1. The Hall–Kier alpha value is -1.35. The van der Waals surface area contributed by atoms with Crippen molar-refractivity contribution >= 4 is 5.97 Å². The molecule has 1 aromatic rings. The lowest BCUT2D eigenvalue weighted by Gasteiger charge is -2.34. The lowest BCUT2D eigenvalue weighted by Crippen LogP contribution is -2.40. The highest BCUT2D eigenvalue weighted by Gasteiger charge is 2.24. The number of nitrogens with zero attached hydrogens (tertiary/aromatic N) is 1. The molecule has 3 nitrogen and oxygen atoms in total. The van der Waals surface area contributed by atoms with Crippen molar-refractivity contribution in [1.29, 1.82) is 0 Å². The molecule has 0 aromatic heterocycles. The van der Waals surface area contributed by atoms with E-state index in [1.54, 1.807) is 0 Å². The molecule has 17 heavy (non-hydrogen) atoms. The maximum absolute atomic E-state index is 10.8. The van der Waals surface area contributed by atoms with E-state index in [-0.39, 0.29) is 12.5 Å². The number of benzene rings is 1. The monoisotopic (exact) mass is 233 g/mol. The van der Waals surface area contributed by atoms with Gasteiger partial charge in [-0.05, 0) is 24.9 Å². The third-order valence-electron chi connectivity index (χ3n) is 3.39. The van der Waals surface area contributed by atoms with Gasteiger partial charge in [0, 0.05) is 12.6 Å². The Kier molecular flexibility index (Phi) is 4.15. The highest BCUT2D eigenvalue weighted by atomic mass is 16.4. The molecule has 92 valence electrons. The van der Waals surface area contributed by atoms with Gasteiger partial charge in [-0.1, -0.05) is 36.8 Å². The van der Waals surface area contributed by atoms with Crippen LogP contribution in [-0.2, 0) is 11.3 Å². The zero-order valence-corrected chi connectivity index (χ0v) is 10.0. The first-order chi connectivity index (χ1) is 8.25. The maximum atomic E-state index is 10.8. The molecule has 1 aliphatic heterocycles. The average molecular weight is 233 g/mol. The van der Waals surface area contributed by atoms with Crippen LogP contribution in [0.15, 0.2) is 30.3 Å². The van der Waals surface area contributed by atoms with Crippen molar-refractivity contribution in [2.45, 2.75) is 38.3 Å². The van der Waals surface area contributed by atoms with E-state index < -0.39 is 5.97 Å². The van der Waals surface area contributed by atoms with Gasteiger partial charge in [0.05, 0.1) is 6.42 Å². The van der Waals surface area contributed by atoms with Crippen LogP contribution >= 0.6 is 0 Å². The highest BCUT2D eigenvalue weighted by molar-refractivity contribution is 5.67. The molecule has 0 amide bonds. The number of rotatable bonds is 4. The van der Waals surface area contributed by atoms with Gasteiger partial charge in [0.15, 0.2) is 0 Å². The predicted octanol–water partition coefficient (Wildman–Crippen LogP) is 2.52. The van der Waals surface area contributed by atoms with E-state index in [1.807, 2.05) is 18.2 Å². The van der Waals surface area contributed by atoms with Gasteiger partial charge in [0.2, 0.25) is 0 Å². The minimum atomic E-state index is -0.685. The lowest BCUT2D eigenvalue weighted by atomic mass is 9.98. The Labute approximate surface area is 102 Å². The topological polar surface area (TPSA) is 40.5 Å². The van der Waals surface area contributed by atoms with Crippen LogP contribution in [0.5, 0.6) is 0 Å². The summed E-state index contributed by atoms with van der Waals surface area (Å²) in [4.78, 5) is 13.2. The van der Waals surface area contributed by atoms with E-state index >= 15 is 0 Å². The molecule has 1 saturated heterocycles. The summed E-state index contributed by atoms with van der Waals surface area (Å²) in [6.07, 6.45) is 3.62. The minimum absolute atomic E-state index is 0.210. The van der Waals surface area contributed by atoms with E-state index in [9.17, 15) is 4.79 Å². The maximum Gasteiger partial charge on any atom is 0.304 e. The smallest absolute Gasteiger partial charge is 0.304 e. The molecule has 2 rings (SSSR count). The standard InChI is InChI=1S/C14H19NO2/c16-14(17)10-13-8-4-5-9-15(13)11-12-6-2-1-3-7-12/h1-3,6-7,13H,4-5,8-11H2,(H,16,17)/t13-/m0/s1. The van der Waals surface area contributed by atoms with Crippen molar-refractivity contribution in [3.8, 4) is 0 Å². The second-order valence-corrected chi connectivity index (χ2v) is 4.70. The Balaban J connectivity index is 1.99. The van der Waals surface area contributed by atoms with Crippen LogP contribution in [0.4, 0.5) is 0 Å². The van der Waals surface area contributed by atoms with Gasteiger partial charge in [-0.15, -0.1) is 0 Å². The average Bonchev–Trinajstić information content (AvgIpc) is 2.32. The molecule has 1 atom stereocenters. The molecule has 1 heterocycles. The van der Waals surface area contributed by atoms with Crippen molar-refractivity contribution in [2.24, 2.45) is 0 Å². The number of piperidine rings is 1. The molecule has 3 heteroatoms. The van der Waals surface area contributed by atoms with Gasteiger partial charge < -0.3 is 5.11 Å². The molecule has 0 spiro atoms. The normalized spacial score (nSPS) is 21.3. The van der Waals surface area contributed by atoms with Crippen molar-refractivity contribution in [3.05, 3.63) is 35.9 Å². The van der Waals surface area contributed by atoms with E-state index in [1.165, 1.54) is 12.0 Å². The largest absolute Gasteiger partial charge is 0.481 e. The van der Waals surface area contributed by atoms with Crippen LogP contribution in [0.2, 0.25) is 0 Å². The predicted molar refractivity (Wildman–Crippen MR) is 66.7 cm³/mol. The zero-order chi connectivity index (χ0) is 12.1. The molecule has 1 fully saturated rings. The van der Waals surface area contributed by atoms with Gasteiger partial charge >= 0.3 is 5.97 Å². The van der Waals surface area contributed by atoms with E-state index in [0.29, 0.717) is 0 Å². The van der Waals surface area contributed by atoms with Crippen LogP contribution in [0.25, 0.3) is 0 Å².